The molecule has 1 unspecified atom stereocenters. The molecule has 1 saturated heterocycles. The van der Waals surface area contributed by atoms with E-state index in [1.54, 1.807) is 4.90 Å². The van der Waals surface area contributed by atoms with Gasteiger partial charge in [0.15, 0.2) is 0 Å². The van der Waals surface area contributed by atoms with Gasteiger partial charge in [-0.2, -0.15) is 0 Å². The Balaban J connectivity index is 2.19. The Labute approximate surface area is 103 Å². The van der Waals surface area contributed by atoms with Gasteiger partial charge in [0, 0.05) is 25.7 Å². The number of aliphatic hydroxyl groups excluding tert-OH is 1. The molecule has 0 saturated carbocycles. The molecule has 100 valence electrons. The number of ether oxygens (including phenoxy) is 1. The number of likely N-dealkylation sites (tertiary alicyclic amines) is 1. The summed E-state index contributed by atoms with van der Waals surface area (Å²) in [7, 11) is 0. The second kappa shape index (κ2) is 7.50. The quantitative estimate of drug-likeness (QED) is 0.756. The molecule has 0 radical (unpaired) electrons. The van der Waals surface area contributed by atoms with Gasteiger partial charge < -0.3 is 20.1 Å². The molecule has 1 fully saturated rings. The summed E-state index contributed by atoms with van der Waals surface area (Å²) < 4.78 is 4.96. The molecule has 17 heavy (non-hydrogen) atoms. The molecule has 2 N–H and O–H groups in total. The highest BCUT2D eigenvalue weighted by Crippen LogP contribution is 2.11. The van der Waals surface area contributed by atoms with Crippen LogP contribution in [0.2, 0.25) is 0 Å². The minimum Gasteiger partial charge on any atom is -0.450 e. The van der Waals surface area contributed by atoms with Gasteiger partial charge in [0.1, 0.15) is 0 Å². The Morgan fingerprint density at radius 1 is 1.47 bits per heavy atom. The molecular formula is C12H24N2O3. The lowest BCUT2D eigenvalue weighted by Gasteiger charge is -2.32. The van der Waals surface area contributed by atoms with Crippen molar-refractivity contribution in [2.24, 2.45) is 0 Å². The normalized spacial score (nSPS) is 19.1. The maximum atomic E-state index is 11.5. The van der Waals surface area contributed by atoms with Crippen LogP contribution in [0.3, 0.4) is 0 Å². The molecule has 0 spiro atoms. The van der Waals surface area contributed by atoms with Crippen LogP contribution in [-0.4, -0.2) is 54.5 Å². The molecule has 1 rings (SSSR count). The lowest BCUT2D eigenvalue weighted by atomic mass is 10.1. The van der Waals surface area contributed by atoms with Gasteiger partial charge in [-0.05, 0) is 26.2 Å². The van der Waals surface area contributed by atoms with Crippen molar-refractivity contribution in [2.45, 2.75) is 45.3 Å². The zero-order chi connectivity index (χ0) is 12.7. The van der Waals surface area contributed by atoms with Gasteiger partial charge >= 0.3 is 6.09 Å². The smallest absolute Gasteiger partial charge is 0.409 e. The van der Waals surface area contributed by atoms with Crippen LogP contribution in [0.1, 0.15) is 33.1 Å². The second-order valence-corrected chi connectivity index (χ2v) is 4.43. The number of aliphatic hydroxyl groups is 1. The summed E-state index contributed by atoms with van der Waals surface area (Å²) in [6.45, 7) is 6.33. The third kappa shape index (κ3) is 4.91. The first-order valence-electron chi connectivity index (χ1n) is 6.50. The summed E-state index contributed by atoms with van der Waals surface area (Å²) in [5.74, 6) is 0. The van der Waals surface area contributed by atoms with Crippen LogP contribution < -0.4 is 5.32 Å². The van der Waals surface area contributed by atoms with E-state index in [0.29, 0.717) is 19.2 Å². The number of carbonyl (C=O) groups is 1. The van der Waals surface area contributed by atoms with Crippen LogP contribution in [0, 0.1) is 0 Å². The van der Waals surface area contributed by atoms with E-state index in [1.807, 2.05) is 13.8 Å². The van der Waals surface area contributed by atoms with Gasteiger partial charge in [0.05, 0.1) is 12.7 Å². The van der Waals surface area contributed by atoms with Crippen molar-refractivity contribution < 1.29 is 14.6 Å². The van der Waals surface area contributed by atoms with Gasteiger partial charge in [-0.25, -0.2) is 4.79 Å². The Kier molecular flexibility index (Phi) is 6.29. The molecular weight excluding hydrogens is 220 g/mol. The lowest BCUT2D eigenvalue weighted by molar-refractivity contribution is 0.0926. The molecule has 0 aromatic heterocycles. The molecule has 1 amide bonds. The SMILES string of the molecule is CCOC(=O)N1CCC(NCC(O)CC)CC1. The van der Waals surface area contributed by atoms with E-state index in [0.717, 1.165) is 32.4 Å². The maximum Gasteiger partial charge on any atom is 0.409 e. The van der Waals surface area contributed by atoms with Crippen LogP contribution >= 0.6 is 0 Å². The molecule has 1 atom stereocenters. The van der Waals surface area contributed by atoms with Crippen molar-refractivity contribution in [3.05, 3.63) is 0 Å². The average molecular weight is 244 g/mol. The van der Waals surface area contributed by atoms with Crippen molar-refractivity contribution in [3.63, 3.8) is 0 Å². The summed E-state index contributed by atoms with van der Waals surface area (Å²) in [6.07, 6.45) is 2.15. The van der Waals surface area contributed by atoms with Crippen LogP contribution in [0.25, 0.3) is 0 Å². The molecule has 5 heteroatoms. The standard InChI is InChI=1S/C12H24N2O3/c1-3-11(15)9-13-10-5-7-14(8-6-10)12(16)17-4-2/h10-11,13,15H,3-9H2,1-2H3. The van der Waals surface area contributed by atoms with E-state index in [1.165, 1.54) is 0 Å². The van der Waals surface area contributed by atoms with E-state index >= 15 is 0 Å². The molecule has 1 aliphatic heterocycles. The highest BCUT2D eigenvalue weighted by molar-refractivity contribution is 5.67. The fourth-order valence-electron chi connectivity index (χ4n) is 1.93. The van der Waals surface area contributed by atoms with Crippen LogP contribution in [0.4, 0.5) is 4.79 Å². The van der Waals surface area contributed by atoms with Gasteiger partial charge in [0.25, 0.3) is 0 Å². The largest absolute Gasteiger partial charge is 0.450 e. The topological polar surface area (TPSA) is 61.8 Å². The summed E-state index contributed by atoms with van der Waals surface area (Å²) in [6, 6.07) is 0.405. The number of rotatable bonds is 5. The number of nitrogens with one attached hydrogen (secondary N) is 1. The van der Waals surface area contributed by atoms with Crippen molar-refractivity contribution >= 4 is 6.09 Å². The minimum atomic E-state index is -0.266. The lowest BCUT2D eigenvalue weighted by Crippen LogP contribution is -2.46. The second-order valence-electron chi connectivity index (χ2n) is 4.43. The first-order valence-corrected chi connectivity index (χ1v) is 6.50. The molecule has 1 aliphatic rings. The Morgan fingerprint density at radius 3 is 2.65 bits per heavy atom. The van der Waals surface area contributed by atoms with E-state index in [9.17, 15) is 9.90 Å². The monoisotopic (exact) mass is 244 g/mol. The molecule has 1 heterocycles. The summed E-state index contributed by atoms with van der Waals surface area (Å²) >= 11 is 0. The number of piperidine rings is 1. The van der Waals surface area contributed by atoms with E-state index < -0.39 is 0 Å². The summed E-state index contributed by atoms with van der Waals surface area (Å²) in [4.78, 5) is 13.2. The average Bonchev–Trinajstić information content (AvgIpc) is 2.36. The zero-order valence-electron chi connectivity index (χ0n) is 10.8. The first-order chi connectivity index (χ1) is 8.17. The third-order valence-corrected chi connectivity index (χ3v) is 3.13. The van der Waals surface area contributed by atoms with E-state index in [-0.39, 0.29) is 12.2 Å². The fourth-order valence-corrected chi connectivity index (χ4v) is 1.93. The fraction of sp³-hybridized carbons (Fsp3) is 0.917. The molecule has 0 aliphatic carbocycles. The van der Waals surface area contributed by atoms with Gasteiger partial charge in [-0.1, -0.05) is 6.92 Å². The predicted octanol–water partition coefficient (Wildman–Crippen LogP) is 0.968. The van der Waals surface area contributed by atoms with E-state index in [4.69, 9.17) is 4.74 Å². The molecule has 0 aromatic carbocycles. The van der Waals surface area contributed by atoms with Gasteiger partial charge in [-0.15, -0.1) is 0 Å². The Bertz CT molecular complexity index is 228. The number of hydrogen-bond donors (Lipinski definition) is 2. The summed E-state index contributed by atoms with van der Waals surface area (Å²) in [5, 5.41) is 12.8. The van der Waals surface area contributed by atoms with Crippen LogP contribution in [0.5, 0.6) is 0 Å². The molecule has 0 aromatic rings. The number of nitrogens with zero attached hydrogens (tertiary/aromatic N) is 1. The zero-order valence-corrected chi connectivity index (χ0v) is 10.8. The van der Waals surface area contributed by atoms with Crippen molar-refractivity contribution in [1.82, 2.24) is 10.2 Å². The maximum absolute atomic E-state index is 11.5. The third-order valence-electron chi connectivity index (χ3n) is 3.13. The molecule has 0 bridgehead atoms. The van der Waals surface area contributed by atoms with Crippen LogP contribution in [-0.2, 0) is 4.74 Å². The number of amides is 1. The molecule has 5 nitrogen and oxygen atoms in total. The number of carbonyl (C=O) groups excluding carboxylic acids is 1. The highest BCUT2D eigenvalue weighted by Gasteiger charge is 2.23. The Morgan fingerprint density at radius 2 is 2.12 bits per heavy atom. The highest BCUT2D eigenvalue weighted by atomic mass is 16.6. The van der Waals surface area contributed by atoms with Gasteiger partial charge in [0.2, 0.25) is 0 Å². The number of hydrogen-bond acceptors (Lipinski definition) is 4. The van der Waals surface area contributed by atoms with Crippen molar-refractivity contribution in [2.75, 3.05) is 26.2 Å². The van der Waals surface area contributed by atoms with Crippen molar-refractivity contribution in [3.8, 4) is 0 Å². The van der Waals surface area contributed by atoms with Crippen LogP contribution in [0.15, 0.2) is 0 Å². The Hall–Kier alpha value is -0.810. The van der Waals surface area contributed by atoms with Crippen molar-refractivity contribution in [1.29, 1.82) is 0 Å². The summed E-state index contributed by atoms with van der Waals surface area (Å²) in [5.41, 5.74) is 0. The van der Waals surface area contributed by atoms with E-state index in [2.05, 4.69) is 5.32 Å². The first kappa shape index (κ1) is 14.3. The minimum absolute atomic E-state index is 0.209. The predicted molar refractivity (Wildman–Crippen MR) is 65.9 cm³/mol. The van der Waals surface area contributed by atoms with Gasteiger partial charge in [-0.3, -0.25) is 0 Å².